The van der Waals surface area contributed by atoms with Gasteiger partial charge in [-0.2, -0.15) is 12.6 Å². The molecule has 1 unspecified atom stereocenters. The first-order chi connectivity index (χ1) is 15.3. The summed E-state index contributed by atoms with van der Waals surface area (Å²) >= 11 is 4.48. The van der Waals surface area contributed by atoms with E-state index < -0.39 is 23.3 Å². The van der Waals surface area contributed by atoms with Crippen molar-refractivity contribution in [2.75, 3.05) is 18.4 Å². The molecule has 8 nitrogen and oxygen atoms in total. The predicted molar refractivity (Wildman–Crippen MR) is 127 cm³/mol. The number of amides is 2. The summed E-state index contributed by atoms with van der Waals surface area (Å²) in [5.74, 6) is -3.31. The second kappa shape index (κ2) is 10.1. The van der Waals surface area contributed by atoms with E-state index in [2.05, 4.69) is 28.6 Å². The van der Waals surface area contributed by atoms with E-state index in [0.29, 0.717) is 23.0 Å². The first kappa shape index (κ1) is 23.6. The summed E-state index contributed by atoms with van der Waals surface area (Å²) in [6.07, 6.45) is 0.752. The fourth-order valence-electron chi connectivity index (χ4n) is 3.80. The molecule has 1 saturated heterocycles. The van der Waals surface area contributed by atoms with Crippen LogP contribution in [0.25, 0.3) is 11.1 Å². The predicted octanol–water partition coefficient (Wildman–Crippen LogP) is 1.87. The van der Waals surface area contributed by atoms with E-state index in [9.17, 15) is 19.5 Å². The quantitative estimate of drug-likeness (QED) is 0.252. The van der Waals surface area contributed by atoms with Crippen LogP contribution in [-0.2, 0) is 9.59 Å². The molecule has 2 aromatic rings. The fourth-order valence-corrected chi connectivity index (χ4v) is 4.16. The maximum atomic E-state index is 13.2. The summed E-state index contributed by atoms with van der Waals surface area (Å²) in [5, 5.41) is 19.0. The van der Waals surface area contributed by atoms with Gasteiger partial charge in [-0.3, -0.25) is 9.59 Å². The van der Waals surface area contributed by atoms with Crippen LogP contribution in [0.3, 0.4) is 0 Å². The lowest BCUT2D eigenvalue weighted by molar-refractivity contribution is -0.149. The third kappa shape index (κ3) is 5.05. The second-order valence-corrected chi connectivity index (χ2v) is 8.61. The average molecular weight is 457 g/mol. The Morgan fingerprint density at radius 1 is 1.22 bits per heavy atom. The van der Waals surface area contributed by atoms with Crippen LogP contribution in [0.4, 0.5) is 5.69 Å². The number of benzene rings is 2. The van der Waals surface area contributed by atoms with Crippen LogP contribution < -0.4 is 21.7 Å². The molecule has 1 heterocycles. The summed E-state index contributed by atoms with van der Waals surface area (Å²) in [5.41, 5.74) is 5.52. The number of hydrogen-bond acceptors (Lipinski definition) is 6. The van der Waals surface area contributed by atoms with E-state index in [-0.39, 0.29) is 18.0 Å². The third-order valence-corrected chi connectivity index (χ3v) is 6.14. The van der Waals surface area contributed by atoms with Crippen molar-refractivity contribution in [1.82, 2.24) is 10.6 Å². The highest BCUT2D eigenvalue weighted by atomic mass is 32.1. The largest absolute Gasteiger partial charge is 0.479 e. The Balaban J connectivity index is 1.93. The Morgan fingerprint density at radius 3 is 2.50 bits per heavy atom. The van der Waals surface area contributed by atoms with Crippen LogP contribution in [0.5, 0.6) is 0 Å². The van der Waals surface area contributed by atoms with Crippen molar-refractivity contribution < 1.29 is 19.5 Å². The number of rotatable bonds is 9. The SMILES string of the molecule is CCC(NC(=O)c1cc(NC[C@@H]2C[C@H](S)CN2)ccc1-c1ccccc1)(C(N)=O)C(=O)O. The smallest absolute Gasteiger partial charge is 0.339 e. The minimum Gasteiger partial charge on any atom is -0.479 e. The number of hydrogen-bond donors (Lipinski definition) is 6. The number of nitrogens with two attached hydrogens (primary N) is 1. The highest BCUT2D eigenvalue weighted by Crippen LogP contribution is 2.28. The molecule has 0 saturated carbocycles. The number of carboxylic acid groups (broad SMARTS) is 1. The van der Waals surface area contributed by atoms with Gasteiger partial charge >= 0.3 is 5.97 Å². The monoisotopic (exact) mass is 456 g/mol. The minimum absolute atomic E-state index is 0.180. The zero-order valence-electron chi connectivity index (χ0n) is 17.8. The van der Waals surface area contributed by atoms with Gasteiger partial charge in [0.25, 0.3) is 11.8 Å². The highest BCUT2D eigenvalue weighted by molar-refractivity contribution is 7.81. The molecule has 0 aliphatic carbocycles. The Kier molecular flexibility index (Phi) is 7.42. The van der Waals surface area contributed by atoms with Crippen molar-refractivity contribution in [2.45, 2.75) is 36.6 Å². The summed E-state index contributed by atoms with van der Waals surface area (Å²) in [7, 11) is 0. The third-order valence-electron chi connectivity index (χ3n) is 5.74. The number of carbonyl (C=O) groups excluding carboxylic acids is 2. The molecular formula is C23H28N4O4S. The molecule has 0 radical (unpaired) electrons. The van der Waals surface area contributed by atoms with Crippen LogP contribution in [0.2, 0.25) is 0 Å². The first-order valence-electron chi connectivity index (χ1n) is 10.5. The maximum absolute atomic E-state index is 13.2. The minimum atomic E-state index is -2.19. The van der Waals surface area contributed by atoms with Crippen molar-refractivity contribution in [3.63, 3.8) is 0 Å². The van der Waals surface area contributed by atoms with Crippen molar-refractivity contribution in [2.24, 2.45) is 5.73 Å². The van der Waals surface area contributed by atoms with Gasteiger partial charge in [0, 0.05) is 35.6 Å². The molecule has 6 N–H and O–H groups in total. The molecule has 1 fully saturated rings. The van der Waals surface area contributed by atoms with Crippen molar-refractivity contribution in [3.8, 4) is 11.1 Å². The number of anilines is 1. The first-order valence-corrected chi connectivity index (χ1v) is 11.0. The fraction of sp³-hybridized carbons (Fsp3) is 0.348. The number of thiol groups is 1. The Morgan fingerprint density at radius 2 is 1.94 bits per heavy atom. The molecular weight excluding hydrogens is 428 g/mol. The molecule has 2 aromatic carbocycles. The lowest BCUT2D eigenvalue weighted by atomic mass is 9.93. The van der Waals surface area contributed by atoms with Crippen molar-refractivity contribution in [1.29, 1.82) is 0 Å². The van der Waals surface area contributed by atoms with E-state index in [0.717, 1.165) is 18.5 Å². The molecule has 32 heavy (non-hydrogen) atoms. The highest BCUT2D eigenvalue weighted by Gasteiger charge is 2.45. The van der Waals surface area contributed by atoms with Gasteiger partial charge in [0.2, 0.25) is 5.54 Å². The van der Waals surface area contributed by atoms with Crippen LogP contribution in [0.1, 0.15) is 30.1 Å². The average Bonchev–Trinajstić information content (AvgIpc) is 3.21. The lowest BCUT2D eigenvalue weighted by Gasteiger charge is -2.26. The molecule has 0 spiro atoms. The Labute approximate surface area is 192 Å². The number of carboxylic acids is 1. The Bertz CT molecular complexity index is 985. The van der Waals surface area contributed by atoms with Gasteiger partial charge in [-0.15, -0.1) is 0 Å². The Hall–Kier alpha value is -3.04. The molecule has 3 atom stereocenters. The number of primary amides is 1. The zero-order chi connectivity index (χ0) is 23.3. The van der Waals surface area contributed by atoms with Gasteiger partial charge in [0.05, 0.1) is 0 Å². The van der Waals surface area contributed by atoms with E-state index in [4.69, 9.17) is 5.73 Å². The molecule has 170 valence electrons. The molecule has 0 bridgehead atoms. The van der Waals surface area contributed by atoms with Crippen molar-refractivity contribution >= 4 is 36.1 Å². The summed E-state index contributed by atoms with van der Waals surface area (Å²) < 4.78 is 0. The van der Waals surface area contributed by atoms with Gasteiger partial charge in [0.1, 0.15) is 0 Å². The van der Waals surface area contributed by atoms with Gasteiger partial charge < -0.3 is 26.8 Å². The van der Waals surface area contributed by atoms with Crippen LogP contribution in [0, 0.1) is 0 Å². The summed E-state index contributed by atoms with van der Waals surface area (Å²) in [6.45, 7) is 2.98. The van der Waals surface area contributed by atoms with E-state index in [1.54, 1.807) is 12.1 Å². The van der Waals surface area contributed by atoms with Crippen molar-refractivity contribution in [3.05, 3.63) is 54.1 Å². The number of carbonyl (C=O) groups is 3. The maximum Gasteiger partial charge on any atom is 0.339 e. The van der Waals surface area contributed by atoms with E-state index in [1.165, 1.54) is 6.92 Å². The molecule has 0 aromatic heterocycles. The van der Waals surface area contributed by atoms with E-state index >= 15 is 0 Å². The van der Waals surface area contributed by atoms with E-state index in [1.807, 2.05) is 36.4 Å². The second-order valence-electron chi connectivity index (χ2n) is 7.88. The molecule has 1 aliphatic heterocycles. The molecule has 9 heteroatoms. The van der Waals surface area contributed by atoms with Crippen LogP contribution in [0.15, 0.2) is 48.5 Å². The van der Waals surface area contributed by atoms with Gasteiger partial charge in [-0.1, -0.05) is 43.3 Å². The standard InChI is InChI=1S/C23H28N4O4S/c1-2-23(21(24)29,22(30)31)27-20(28)19-11-15(25-12-16-10-17(32)13-26-16)8-9-18(19)14-6-4-3-5-7-14/h3-9,11,16-17,25-26,32H,2,10,12-13H2,1H3,(H2,24,29)(H,27,28)(H,30,31)/t16-,17-,23?/m0/s1. The zero-order valence-corrected chi connectivity index (χ0v) is 18.7. The topological polar surface area (TPSA) is 134 Å². The number of aliphatic carboxylic acids is 1. The van der Waals surface area contributed by atoms with Gasteiger partial charge in [-0.25, -0.2) is 4.79 Å². The van der Waals surface area contributed by atoms with Gasteiger partial charge in [0.15, 0.2) is 0 Å². The van der Waals surface area contributed by atoms with Gasteiger partial charge in [-0.05, 0) is 36.1 Å². The summed E-state index contributed by atoms with van der Waals surface area (Å²) in [6, 6.07) is 14.9. The van der Waals surface area contributed by atoms with Crippen LogP contribution in [-0.4, -0.2) is 52.8 Å². The molecule has 1 aliphatic rings. The molecule has 2 amide bonds. The number of nitrogens with one attached hydrogen (secondary N) is 3. The molecule has 3 rings (SSSR count). The lowest BCUT2D eigenvalue weighted by Crippen LogP contribution is -2.62. The van der Waals surface area contributed by atoms with Crippen LogP contribution >= 0.6 is 12.6 Å². The normalized spacial score (nSPS) is 19.7. The summed E-state index contributed by atoms with van der Waals surface area (Å²) in [4.78, 5) is 37.0.